The molecule has 5 aromatic rings. The fourth-order valence-corrected chi connectivity index (χ4v) is 3.91. The number of nitrogens with zero attached hydrogens (tertiary/aromatic N) is 3. The number of H-pyrrole nitrogens is 1. The predicted octanol–water partition coefficient (Wildman–Crippen LogP) is 5.91. The molecule has 0 aliphatic heterocycles. The maximum atomic E-state index is 12.5. The molecule has 0 saturated carbocycles. The van der Waals surface area contributed by atoms with Crippen LogP contribution in [0.15, 0.2) is 119 Å². The summed E-state index contributed by atoms with van der Waals surface area (Å²) in [5.74, 6) is 1.29. The average molecular weight is 528 g/mol. The summed E-state index contributed by atoms with van der Waals surface area (Å²) in [6.07, 6.45) is 1.58. The van der Waals surface area contributed by atoms with E-state index < -0.39 is 5.56 Å². The summed E-state index contributed by atoms with van der Waals surface area (Å²) in [6, 6.07) is 36.3. The van der Waals surface area contributed by atoms with Crippen molar-refractivity contribution in [2.24, 2.45) is 5.10 Å². The Hall–Kier alpha value is -5.68. The van der Waals surface area contributed by atoms with E-state index in [0.717, 1.165) is 16.7 Å². The second-order valence-corrected chi connectivity index (χ2v) is 8.74. The molecular formula is C32H25N5O3. The van der Waals surface area contributed by atoms with E-state index in [2.05, 4.69) is 20.5 Å². The number of hydrazone groups is 1. The van der Waals surface area contributed by atoms with Crippen LogP contribution in [-0.2, 0) is 13.2 Å². The van der Waals surface area contributed by atoms with Crippen LogP contribution in [-0.4, -0.2) is 16.2 Å². The standard InChI is InChI=1S/C32H25N5O3/c33-19-27-30(26-14-8-3-9-15-26)35-32(36-31(27)38)37-34-20-25-16-17-28(39-21-23-10-4-1-5-11-23)29(18-25)40-22-24-12-6-2-7-13-24/h1-18,20H,21-22H2,(H2,35,36,37,38). The molecule has 0 aliphatic rings. The third kappa shape index (κ3) is 6.60. The Kier molecular flexibility index (Phi) is 8.25. The van der Waals surface area contributed by atoms with Crippen LogP contribution < -0.4 is 20.5 Å². The van der Waals surface area contributed by atoms with Crippen LogP contribution in [0.3, 0.4) is 0 Å². The molecule has 0 spiro atoms. The molecule has 0 fully saturated rings. The van der Waals surface area contributed by atoms with E-state index in [1.165, 1.54) is 0 Å². The molecule has 0 saturated heterocycles. The first kappa shape index (κ1) is 25.9. The van der Waals surface area contributed by atoms with E-state index in [4.69, 9.17) is 9.47 Å². The van der Waals surface area contributed by atoms with Gasteiger partial charge in [-0.25, -0.2) is 10.4 Å². The van der Waals surface area contributed by atoms with Gasteiger partial charge in [-0.05, 0) is 34.9 Å². The number of aromatic nitrogens is 2. The fraction of sp³-hybridized carbons (Fsp3) is 0.0625. The number of ether oxygens (including phenoxy) is 2. The van der Waals surface area contributed by atoms with Crippen molar-refractivity contribution in [3.05, 3.63) is 142 Å². The molecule has 8 nitrogen and oxygen atoms in total. The number of aromatic amines is 1. The summed E-state index contributed by atoms with van der Waals surface area (Å²) in [7, 11) is 0. The van der Waals surface area contributed by atoms with E-state index in [1.807, 2.05) is 103 Å². The normalized spacial score (nSPS) is 10.7. The van der Waals surface area contributed by atoms with Crippen molar-refractivity contribution in [2.75, 3.05) is 5.43 Å². The molecule has 196 valence electrons. The summed E-state index contributed by atoms with van der Waals surface area (Å²) in [5.41, 5.74) is 5.89. The Balaban J connectivity index is 1.35. The Labute approximate surface area is 231 Å². The molecule has 0 atom stereocenters. The summed E-state index contributed by atoms with van der Waals surface area (Å²) in [4.78, 5) is 19.5. The zero-order valence-electron chi connectivity index (χ0n) is 21.5. The molecule has 0 unspecified atom stereocenters. The Bertz CT molecular complexity index is 1700. The second kappa shape index (κ2) is 12.7. The van der Waals surface area contributed by atoms with E-state index in [0.29, 0.717) is 30.3 Å². The lowest BCUT2D eigenvalue weighted by Gasteiger charge is -2.14. The number of hydrogen-bond acceptors (Lipinski definition) is 7. The van der Waals surface area contributed by atoms with E-state index in [-0.39, 0.29) is 17.2 Å². The highest BCUT2D eigenvalue weighted by Gasteiger charge is 2.13. The largest absolute Gasteiger partial charge is 0.485 e. The summed E-state index contributed by atoms with van der Waals surface area (Å²) in [5, 5.41) is 13.7. The van der Waals surface area contributed by atoms with Crippen LogP contribution in [0.1, 0.15) is 22.3 Å². The summed E-state index contributed by atoms with van der Waals surface area (Å²) in [6.45, 7) is 0.777. The molecule has 2 N–H and O–H groups in total. The maximum Gasteiger partial charge on any atom is 0.270 e. The van der Waals surface area contributed by atoms with E-state index in [1.54, 1.807) is 18.3 Å². The first-order chi connectivity index (χ1) is 19.7. The van der Waals surface area contributed by atoms with Crippen molar-refractivity contribution < 1.29 is 9.47 Å². The number of anilines is 1. The Morgan fingerprint density at radius 1 is 0.825 bits per heavy atom. The predicted molar refractivity (Wildman–Crippen MR) is 154 cm³/mol. The van der Waals surface area contributed by atoms with Gasteiger partial charge in [0.1, 0.15) is 24.8 Å². The molecule has 1 heterocycles. The van der Waals surface area contributed by atoms with Crippen LogP contribution in [0.5, 0.6) is 11.5 Å². The molecule has 0 bridgehead atoms. The highest BCUT2D eigenvalue weighted by Crippen LogP contribution is 2.30. The van der Waals surface area contributed by atoms with Gasteiger partial charge in [-0.2, -0.15) is 10.4 Å². The minimum Gasteiger partial charge on any atom is -0.485 e. The van der Waals surface area contributed by atoms with Gasteiger partial charge in [0.15, 0.2) is 11.5 Å². The molecule has 0 radical (unpaired) electrons. The number of nitrogens with one attached hydrogen (secondary N) is 2. The lowest BCUT2D eigenvalue weighted by atomic mass is 10.1. The van der Waals surface area contributed by atoms with Gasteiger partial charge in [0.05, 0.1) is 11.9 Å². The van der Waals surface area contributed by atoms with Gasteiger partial charge >= 0.3 is 0 Å². The molecule has 0 amide bonds. The third-order valence-electron chi connectivity index (χ3n) is 5.90. The minimum absolute atomic E-state index is 0.0629. The van der Waals surface area contributed by atoms with Gasteiger partial charge in [0.25, 0.3) is 5.56 Å². The van der Waals surface area contributed by atoms with E-state index in [9.17, 15) is 10.1 Å². The smallest absolute Gasteiger partial charge is 0.270 e. The Morgan fingerprint density at radius 2 is 1.43 bits per heavy atom. The molecule has 1 aromatic heterocycles. The van der Waals surface area contributed by atoms with Crippen LogP contribution in [0, 0.1) is 11.3 Å². The van der Waals surface area contributed by atoms with Crippen molar-refractivity contribution >= 4 is 12.2 Å². The molecule has 4 aromatic carbocycles. The SMILES string of the molecule is N#Cc1c(-c2ccccc2)nc(NN=Cc2ccc(OCc3ccccc3)c(OCc3ccccc3)c2)[nH]c1=O. The monoisotopic (exact) mass is 527 g/mol. The van der Waals surface area contributed by atoms with Crippen molar-refractivity contribution in [3.63, 3.8) is 0 Å². The van der Waals surface area contributed by atoms with Gasteiger partial charge in [-0.3, -0.25) is 9.78 Å². The number of benzene rings is 4. The topological polar surface area (TPSA) is 112 Å². The van der Waals surface area contributed by atoms with Gasteiger partial charge in [0.2, 0.25) is 5.95 Å². The molecular weight excluding hydrogens is 502 g/mol. The lowest BCUT2D eigenvalue weighted by molar-refractivity contribution is 0.256. The Morgan fingerprint density at radius 3 is 2.05 bits per heavy atom. The third-order valence-corrected chi connectivity index (χ3v) is 5.90. The van der Waals surface area contributed by atoms with Crippen molar-refractivity contribution in [3.8, 4) is 28.8 Å². The molecule has 0 aliphatic carbocycles. The van der Waals surface area contributed by atoms with Gasteiger partial charge in [0, 0.05) is 5.56 Å². The van der Waals surface area contributed by atoms with Crippen molar-refractivity contribution in [2.45, 2.75) is 13.2 Å². The second-order valence-electron chi connectivity index (χ2n) is 8.74. The molecule has 5 rings (SSSR count). The summed E-state index contributed by atoms with van der Waals surface area (Å²) >= 11 is 0. The number of hydrogen-bond donors (Lipinski definition) is 2. The quantitative estimate of drug-likeness (QED) is 0.172. The molecule has 40 heavy (non-hydrogen) atoms. The molecule has 8 heteroatoms. The minimum atomic E-state index is -0.550. The van der Waals surface area contributed by atoms with Gasteiger partial charge in [-0.1, -0.05) is 91.0 Å². The zero-order chi connectivity index (χ0) is 27.6. The number of nitriles is 1. The van der Waals surface area contributed by atoms with E-state index >= 15 is 0 Å². The zero-order valence-corrected chi connectivity index (χ0v) is 21.5. The summed E-state index contributed by atoms with van der Waals surface area (Å²) < 4.78 is 12.2. The van der Waals surface area contributed by atoms with Crippen LogP contribution in [0.25, 0.3) is 11.3 Å². The van der Waals surface area contributed by atoms with Crippen molar-refractivity contribution in [1.29, 1.82) is 5.26 Å². The number of rotatable bonds is 10. The highest BCUT2D eigenvalue weighted by atomic mass is 16.5. The van der Waals surface area contributed by atoms with Gasteiger partial charge in [-0.15, -0.1) is 0 Å². The van der Waals surface area contributed by atoms with Crippen molar-refractivity contribution in [1.82, 2.24) is 9.97 Å². The lowest BCUT2D eigenvalue weighted by Crippen LogP contribution is -2.16. The van der Waals surface area contributed by atoms with Crippen LogP contribution in [0.4, 0.5) is 5.95 Å². The first-order valence-corrected chi connectivity index (χ1v) is 12.6. The fourth-order valence-electron chi connectivity index (χ4n) is 3.91. The maximum absolute atomic E-state index is 12.5. The average Bonchev–Trinajstić information content (AvgIpc) is 3.00. The van der Waals surface area contributed by atoms with Crippen LogP contribution >= 0.6 is 0 Å². The highest BCUT2D eigenvalue weighted by molar-refractivity contribution is 5.81. The van der Waals surface area contributed by atoms with Gasteiger partial charge < -0.3 is 9.47 Å². The first-order valence-electron chi connectivity index (χ1n) is 12.6. The van der Waals surface area contributed by atoms with Crippen LogP contribution in [0.2, 0.25) is 0 Å².